The number of halogens is 1. The molecule has 1 N–H and O–H groups in total. The zero-order valence-electron chi connectivity index (χ0n) is 10.6. The number of rotatable bonds is 5. The van der Waals surface area contributed by atoms with Crippen LogP contribution in [-0.2, 0) is 16.1 Å². The van der Waals surface area contributed by atoms with Crippen LogP contribution < -0.4 is 5.32 Å². The molecule has 6 heteroatoms. The highest BCUT2D eigenvalue weighted by Gasteiger charge is 2.20. The number of aromatic nitrogens is 2. The fourth-order valence-corrected chi connectivity index (χ4v) is 1.92. The van der Waals surface area contributed by atoms with E-state index in [1.165, 1.54) is 7.11 Å². The van der Waals surface area contributed by atoms with Gasteiger partial charge in [0, 0.05) is 5.69 Å². The molecule has 0 spiro atoms. The maximum Gasteiger partial charge on any atom is 0.324 e. The summed E-state index contributed by atoms with van der Waals surface area (Å²) in [7, 11) is 1.39. The van der Waals surface area contributed by atoms with Gasteiger partial charge < -0.3 is 10.1 Å². The Morgan fingerprint density at radius 2 is 2.24 bits per heavy atom. The molecule has 1 heterocycles. The molecule has 0 amide bonds. The Kier molecular flexibility index (Phi) is 5.14. The number of esters is 1. The lowest BCUT2D eigenvalue weighted by Gasteiger charge is -2.16. The number of hydrogen-bond acceptors (Lipinski definition) is 4. The maximum absolute atomic E-state index is 11.6. The van der Waals surface area contributed by atoms with E-state index in [9.17, 15) is 4.79 Å². The first-order chi connectivity index (χ1) is 8.01. The first kappa shape index (κ1) is 14.2. The van der Waals surface area contributed by atoms with Crippen LogP contribution in [0.3, 0.4) is 0 Å². The topological polar surface area (TPSA) is 56.2 Å². The Morgan fingerprint density at radius 1 is 1.59 bits per heavy atom. The van der Waals surface area contributed by atoms with Crippen LogP contribution >= 0.6 is 15.9 Å². The van der Waals surface area contributed by atoms with E-state index in [0.717, 1.165) is 15.9 Å². The van der Waals surface area contributed by atoms with E-state index in [1.807, 2.05) is 25.5 Å². The molecule has 0 saturated heterocycles. The van der Waals surface area contributed by atoms with Crippen LogP contribution in [0.5, 0.6) is 0 Å². The summed E-state index contributed by atoms with van der Waals surface area (Å²) in [6.07, 6.45) is 0. The maximum atomic E-state index is 11.6. The quantitative estimate of drug-likeness (QED) is 0.836. The molecule has 1 aromatic rings. The first-order valence-electron chi connectivity index (χ1n) is 5.52. The lowest BCUT2D eigenvalue weighted by molar-refractivity contribution is -0.143. The predicted octanol–water partition coefficient (Wildman–Crippen LogP) is 1.41. The predicted molar refractivity (Wildman–Crippen MR) is 68.9 cm³/mol. The van der Waals surface area contributed by atoms with Crippen LogP contribution in [0.1, 0.15) is 18.3 Å². The van der Waals surface area contributed by atoms with Gasteiger partial charge in [0.1, 0.15) is 6.04 Å². The second-order valence-corrected chi connectivity index (χ2v) is 4.59. The number of nitrogens with one attached hydrogen (secondary N) is 1. The molecule has 5 nitrogen and oxygen atoms in total. The standard InChI is InChI=1S/C11H18BrN3O2/c1-5-13-9(11(16)17-4)6-15-8(3)10(12)7(2)14-15/h9,13H,5-6H2,1-4H3. The molecule has 17 heavy (non-hydrogen) atoms. The van der Waals surface area contributed by atoms with Crippen molar-refractivity contribution in [1.82, 2.24) is 15.1 Å². The molecule has 0 aliphatic carbocycles. The average molecular weight is 304 g/mol. The molecular weight excluding hydrogens is 286 g/mol. The van der Waals surface area contributed by atoms with Gasteiger partial charge in [-0.1, -0.05) is 6.92 Å². The summed E-state index contributed by atoms with van der Waals surface area (Å²) in [6.45, 7) is 7.02. The van der Waals surface area contributed by atoms with Crippen molar-refractivity contribution in [1.29, 1.82) is 0 Å². The molecule has 1 unspecified atom stereocenters. The third-order valence-corrected chi connectivity index (χ3v) is 3.73. The number of carbonyl (C=O) groups is 1. The van der Waals surface area contributed by atoms with Crippen molar-refractivity contribution in [2.24, 2.45) is 0 Å². The van der Waals surface area contributed by atoms with Gasteiger partial charge in [-0.2, -0.15) is 5.10 Å². The minimum atomic E-state index is -0.366. The molecule has 0 fully saturated rings. The van der Waals surface area contributed by atoms with Crippen molar-refractivity contribution in [3.63, 3.8) is 0 Å². The van der Waals surface area contributed by atoms with Crippen molar-refractivity contribution in [2.45, 2.75) is 33.4 Å². The number of carbonyl (C=O) groups excluding carboxylic acids is 1. The summed E-state index contributed by atoms with van der Waals surface area (Å²) in [5.74, 6) is -0.268. The lowest BCUT2D eigenvalue weighted by atomic mass is 10.3. The van der Waals surface area contributed by atoms with Gasteiger partial charge in [-0.25, -0.2) is 0 Å². The smallest absolute Gasteiger partial charge is 0.324 e. The van der Waals surface area contributed by atoms with Crippen LogP contribution in [0.4, 0.5) is 0 Å². The molecule has 0 aliphatic heterocycles. The SMILES string of the molecule is CCNC(Cn1nc(C)c(Br)c1C)C(=O)OC. The van der Waals surface area contributed by atoms with E-state index in [1.54, 1.807) is 0 Å². The number of nitrogens with zero attached hydrogens (tertiary/aromatic N) is 2. The molecule has 1 aromatic heterocycles. The van der Waals surface area contributed by atoms with Crippen LogP contribution in [0.2, 0.25) is 0 Å². The van der Waals surface area contributed by atoms with Crippen LogP contribution in [0.15, 0.2) is 4.47 Å². The number of aryl methyl sites for hydroxylation is 1. The van der Waals surface area contributed by atoms with Gasteiger partial charge in [0.15, 0.2) is 0 Å². The van der Waals surface area contributed by atoms with E-state index < -0.39 is 0 Å². The minimum Gasteiger partial charge on any atom is -0.468 e. The van der Waals surface area contributed by atoms with Crippen molar-refractivity contribution >= 4 is 21.9 Å². The Balaban J connectivity index is 2.85. The summed E-state index contributed by atoms with van der Waals surface area (Å²) in [5, 5.41) is 7.46. The summed E-state index contributed by atoms with van der Waals surface area (Å²) in [4.78, 5) is 11.6. The first-order valence-corrected chi connectivity index (χ1v) is 6.31. The van der Waals surface area contributed by atoms with E-state index in [2.05, 4.69) is 26.3 Å². The Bertz CT molecular complexity index is 404. The third kappa shape index (κ3) is 3.29. The summed E-state index contributed by atoms with van der Waals surface area (Å²) < 4.78 is 7.55. The fraction of sp³-hybridized carbons (Fsp3) is 0.636. The van der Waals surface area contributed by atoms with Crippen molar-refractivity contribution < 1.29 is 9.53 Å². The van der Waals surface area contributed by atoms with Gasteiger partial charge in [-0.15, -0.1) is 0 Å². The Labute approximate surface area is 110 Å². The fourth-order valence-electron chi connectivity index (χ4n) is 1.64. The number of methoxy groups -OCH3 is 1. The summed E-state index contributed by atoms with van der Waals surface area (Å²) >= 11 is 3.46. The lowest BCUT2D eigenvalue weighted by Crippen LogP contribution is -2.41. The molecule has 0 radical (unpaired) electrons. The molecule has 0 aliphatic rings. The molecule has 1 rings (SSSR count). The highest BCUT2D eigenvalue weighted by Crippen LogP contribution is 2.19. The van der Waals surface area contributed by atoms with E-state index >= 15 is 0 Å². The largest absolute Gasteiger partial charge is 0.468 e. The highest BCUT2D eigenvalue weighted by atomic mass is 79.9. The van der Waals surface area contributed by atoms with Gasteiger partial charge in [0.2, 0.25) is 0 Å². The molecule has 0 saturated carbocycles. The van der Waals surface area contributed by atoms with Gasteiger partial charge in [0.25, 0.3) is 0 Å². The van der Waals surface area contributed by atoms with Gasteiger partial charge >= 0.3 is 5.97 Å². The van der Waals surface area contributed by atoms with Crippen molar-refractivity contribution in [3.05, 3.63) is 15.9 Å². The van der Waals surface area contributed by atoms with Crippen LogP contribution in [0.25, 0.3) is 0 Å². The van der Waals surface area contributed by atoms with Gasteiger partial charge in [0.05, 0.1) is 23.8 Å². The Hall–Kier alpha value is -0.880. The number of likely N-dealkylation sites (N-methyl/N-ethyl adjacent to an activating group) is 1. The molecule has 0 aromatic carbocycles. The molecule has 96 valence electrons. The minimum absolute atomic E-state index is 0.268. The zero-order chi connectivity index (χ0) is 13.0. The normalized spacial score (nSPS) is 12.5. The monoisotopic (exact) mass is 303 g/mol. The third-order valence-electron chi connectivity index (χ3n) is 2.58. The second-order valence-electron chi connectivity index (χ2n) is 3.80. The average Bonchev–Trinajstić information content (AvgIpc) is 2.55. The number of ether oxygens (including phenoxy) is 1. The second kappa shape index (κ2) is 6.16. The molecule has 0 bridgehead atoms. The van der Waals surface area contributed by atoms with Crippen molar-refractivity contribution in [2.75, 3.05) is 13.7 Å². The van der Waals surface area contributed by atoms with Crippen LogP contribution in [-0.4, -0.2) is 35.4 Å². The molecule has 1 atom stereocenters. The zero-order valence-corrected chi connectivity index (χ0v) is 12.2. The van der Waals surface area contributed by atoms with E-state index in [-0.39, 0.29) is 12.0 Å². The summed E-state index contributed by atoms with van der Waals surface area (Å²) in [6, 6.07) is -0.366. The Morgan fingerprint density at radius 3 is 2.65 bits per heavy atom. The highest BCUT2D eigenvalue weighted by molar-refractivity contribution is 9.10. The van der Waals surface area contributed by atoms with Gasteiger partial charge in [-0.3, -0.25) is 9.48 Å². The van der Waals surface area contributed by atoms with Crippen molar-refractivity contribution in [3.8, 4) is 0 Å². The van der Waals surface area contributed by atoms with Crippen LogP contribution in [0, 0.1) is 13.8 Å². The van der Waals surface area contributed by atoms with E-state index in [4.69, 9.17) is 4.74 Å². The molecular formula is C11H18BrN3O2. The van der Waals surface area contributed by atoms with E-state index in [0.29, 0.717) is 13.1 Å². The number of hydrogen-bond donors (Lipinski definition) is 1. The summed E-state index contributed by atoms with van der Waals surface area (Å²) in [5.41, 5.74) is 1.93. The van der Waals surface area contributed by atoms with Gasteiger partial charge in [-0.05, 0) is 36.3 Å².